The Balaban J connectivity index is 2.69. The summed E-state index contributed by atoms with van der Waals surface area (Å²) in [7, 11) is 0. The molecule has 0 spiro atoms. The highest BCUT2D eigenvalue weighted by atomic mass is 16.5. The second-order valence-electron chi connectivity index (χ2n) is 2.29. The SMILES string of the molecule is C=CCOc1cc[c]cc1C. The number of aryl methyl sites for hydroxylation is 1. The molecule has 1 nitrogen and oxygen atoms in total. The number of rotatable bonds is 3. The van der Waals surface area contributed by atoms with Gasteiger partial charge in [0, 0.05) is 0 Å². The zero-order valence-corrected chi connectivity index (χ0v) is 6.63. The van der Waals surface area contributed by atoms with E-state index in [2.05, 4.69) is 12.6 Å². The van der Waals surface area contributed by atoms with E-state index in [9.17, 15) is 0 Å². The maximum atomic E-state index is 5.35. The molecule has 0 aliphatic heterocycles. The summed E-state index contributed by atoms with van der Waals surface area (Å²) in [6.45, 7) is 6.13. The van der Waals surface area contributed by atoms with Crippen molar-refractivity contribution in [3.63, 3.8) is 0 Å². The van der Waals surface area contributed by atoms with Gasteiger partial charge in [0.25, 0.3) is 0 Å². The van der Waals surface area contributed by atoms with Crippen LogP contribution in [0.1, 0.15) is 5.56 Å². The number of benzene rings is 1. The molecular weight excluding hydrogens is 136 g/mol. The molecule has 0 aliphatic carbocycles. The fourth-order valence-corrected chi connectivity index (χ4v) is 0.810. The fraction of sp³-hybridized carbons (Fsp3) is 0.200. The first-order chi connectivity index (χ1) is 5.34. The van der Waals surface area contributed by atoms with Gasteiger partial charge in [0.2, 0.25) is 0 Å². The molecule has 0 saturated heterocycles. The van der Waals surface area contributed by atoms with Crippen molar-refractivity contribution < 1.29 is 4.74 Å². The van der Waals surface area contributed by atoms with E-state index < -0.39 is 0 Å². The fourth-order valence-electron chi connectivity index (χ4n) is 0.810. The van der Waals surface area contributed by atoms with Gasteiger partial charge in [0.1, 0.15) is 12.4 Å². The monoisotopic (exact) mass is 147 g/mol. The summed E-state index contributed by atoms with van der Waals surface area (Å²) in [6, 6.07) is 8.61. The summed E-state index contributed by atoms with van der Waals surface area (Å²) in [4.78, 5) is 0. The van der Waals surface area contributed by atoms with Gasteiger partial charge in [-0.3, -0.25) is 0 Å². The van der Waals surface area contributed by atoms with E-state index in [1.54, 1.807) is 6.08 Å². The Kier molecular flexibility index (Phi) is 2.73. The molecular formula is C10H11O. The molecule has 0 aromatic heterocycles. The van der Waals surface area contributed by atoms with Crippen molar-refractivity contribution in [3.8, 4) is 5.75 Å². The topological polar surface area (TPSA) is 9.23 Å². The van der Waals surface area contributed by atoms with Gasteiger partial charge in [0.15, 0.2) is 0 Å². The molecule has 1 aromatic rings. The molecule has 1 aromatic carbocycles. The van der Waals surface area contributed by atoms with Crippen molar-refractivity contribution in [3.05, 3.63) is 42.5 Å². The lowest BCUT2D eigenvalue weighted by Crippen LogP contribution is -1.94. The minimum Gasteiger partial charge on any atom is -0.489 e. The lowest BCUT2D eigenvalue weighted by molar-refractivity contribution is 0.360. The van der Waals surface area contributed by atoms with Crippen LogP contribution in [0.2, 0.25) is 0 Å². The molecule has 0 amide bonds. The lowest BCUT2D eigenvalue weighted by Gasteiger charge is -2.04. The second kappa shape index (κ2) is 3.81. The summed E-state index contributed by atoms with van der Waals surface area (Å²) in [5.74, 6) is 0.906. The minimum atomic E-state index is 0.560. The maximum Gasteiger partial charge on any atom is 0.122 e. The van der Waals surface area contributed by atoms with Gasteiger partial charge < -0.3 is 4.74 Å². The molecule has 0 bridgehead atoms. The molecule has 0 unspecified atom stereocenters. The highest BCUT2D eigenvalue weighted by Gasteiger charge is 1.93. The second-order valence-corrected chi connectivity index (χ2v) is 2.29. The van der Waals surface area contributed by atoms with E-state index in [1.165, 1.54) is 0 Å². The number of hydrogen-bond acceptors (Lipinski definition) is 1. The van der Waals surface area contributed by atoms with Gasteiger partial charge in [-0.25, -0.2) is 0 Å². The van der Waals surface area contributed by atoms with E-state index in [0.717, 1.165) is 11.3 Å². The van der Waals surface area contributed by atoms with Crippen LogP contribution in [0.5, 0.6) is 5.75 Å². The first kappa shape index (κ1) is 7.86. The molecule has 57 valence electrons. The van der Waals surface area contributed by atoms with Crippen LogP contribution in [0.3, 0.4) is 0 Å². The average Bonchev–Trinajstić information content (AvgIpc) is 2.03. The molecule has 1 radical (unpaired) electrons. The Labute approximate surface area is 67.3 Å². The largest absolute Gasteiger partial charge is 0.489 e. The molecule has 0 saturated carbocycles. The Hall–Kier alpha value is -1.24. The van der Waals surface area contributed by atoms with E-state index in [-0.39, 0.29) is 0 Å². The van der Waals surface area contributed by atoms with Crippen LogP contribution in [0, 0.1) is 13.0 Å². The van der Waals surface area contributed by atoms with Gasteiger partial charge in [-0.2, -0.15) is 0 Å². The third-order valence-corrected chi connectivity index (χ3v) is 1.38. The van der Waals surface area contributed by atoms with Crippen LogP contribution < -0.4 is 4.74 Å². The van der Waals surface area contributed by atoms with E-state index >= 15 is 0 Å². The quantitative estimate of drug-likeness (QED) is 0.596. The molecule has 0 heterocycles. The summed E-state index contributed by atoms with van der Waals surface area (Å²) >= 11 is 0. The van der Waals surface area contributed by atoms with Crippen LogP contribution in [0.25, 0.3) is 0 Å². The Morgan fingerprint density at radius 1 is 1.73 bits per heavy atom. The van der Waals surface area contributed by atoms with E-state index in [4.69, 9.17) is 4.74 Å². The third kappa shape index (κ3) is 2.11. The lowest BCUT2D eigenvalue weighted by atomic mass is 10.2. The van der Waals surface area contributed by atoms with E-state index in [1.807, 2.05) is 25.1 Å². The van der Waals surface area contributed by atoms with Gasteiger partial charge in [-0.15, -0.1) is 0 Å². The van der Waals surface area contributed by atoms with Crippen molar-refractivity contribution in [2.24, 2.45) is 0 Å². The highest BCUT2D eigenvalue weighted by molar-refractivity contribution is 5.31. The molecule has 0 N–H and O–H groups in total. The Morgan fingerprint density at radius 3 is 3.18 bits per heavy atom. The van der Waals surface area contributed by atoms with Gasteiger partial charge in [-0.1, -0.05) is 18.7 Å². The Morgan fingerprint density at radius 2 is 2.55 bits per heavy atom. The summed E-state index contributed by atoms with van der Waals surface area (Å²) < 4.78 is 5.35. The van der Waals surface area contributed by atoms with Crippen molar-refractivity contribution in [1.82, 2.24) is 0 Å². The smallest absolute Gasteiger partial charge is 0.122 e. The Bertz CT molecular complexity index is 240. The first-order valence-corrected chi connectivity index (χ1v) is 3.55. The number of ether oxygens (including phenoxy) is 1. The molecule has 1 rings (SSSR count). The zero-order valence-electron chi connectivity index (χ0n) is 6.63. The van der Waals surface area contributed by atoms with Crippen molar-refractivity contribution in [1.29, 1.82) is 0 Å². The van der Waals surface area contributed by atoms with Gasteiger partial charge in [0.05, 0.1) is 0 Å². The van der Waals surface area contributed by atoms with Crippen molar-refractivity contribution in [2.45, 2.75) is 6.92 Å². The summed E-state index contributed by atoms with van der Waals surface area (Å²) in [5.41, 5.74) is 1.11. The van der Waals surface area contributed by atoms with Crippen LogP contribution >= 0.6 is 0 Å². The standard InChI is InChI=1S/C10H11O/c1-3-8-11-10-7-5-4-6-9(10)2/h3,5-7H,1,8H2,2H3. The normalized spacial score (nSPS) is 9.18. The van der Waals surface area contributed by atoms with Gasteiger partial charge in [-0.05, 0) is 30.7 Å². The summed E-state index contributed by atoms with van der Waals surface area (Å²) in [5, 5.41) is 0. The minimum absolute atomic E-state index is 0.560. The number of hydrogen-bond donors (Lipinski definition) is 0. The molecule has 0 aliphatic rings. The highest BCUT2D eigenvalue weighted by Crippen LogP contribution is 2.15. The predicted octanol–water partition coefficient (Wildman–Crippen LogP) is 2.36. The maximum absolute atomic E-state index is 5.35. The van der Waals surface area contributed by atoms with Crippen LogP contribution in [-0.2, 0) is 0 Å². The molecule has 0 atom stereocenters. The molecule has 11 heavy (non-hydrogen) atoms. The van der Waals surface area contributed by atoms with Crippen LogP contribution in [0.4, 0.5) is 0 Å². The van der Waals surface area contributed by atoms with Crippen molar-refractivity contribution >= 4 is 0 Å². The van der Waals surface area contributed by atoms with E-state index in [0.29, 0.717) is 6.61 Å². The van der Waals surface area contributed by atoms with Crippen LogP contribution in [0.15, 0.2) is 30.9 Å². The zero-order chi connectivity index (χ0) is 8.10. The molecule has 0 fully saturated rings. The van der Waals surface area contributed by atoms with Crippen molar-refractivity contribution in [2.75, 3.05) is 6.61 Å². The third-order valence-electron chi connectivity index (χ3n) is 1.38. The first-order valence-electron chi connectivity index (χ1n) is 3.55. The summed E-state index contributed by atoms with van der Waals surface area (Å²) in [6.07, 6.45) is 1.73. The molecule has 1 heteroatoms. The van der Waals surface area contributed by atoms with Crippen LogP contribution in [-0.4, -0.2) is 6.61 Å². The predicted molar refractivity (Wildman–Crippen MR) is 45.7 cm³/mol. The van der Waals surface area contributed by atoms with Gasteiger partial charge >= 0.3 is 0 Å². The average molecular weight is 147 g/mol.